The molecule has 1 unspecified atom stereocenters. The molecule has 0 aromatic carbocycles. The maximum atomic E-state index is 8.70. The van der Waals surface area contributed by atoms with Crippen LogP contribution in [0.4, 0.5) is 0 Å². The first-order valence-corrected chi connectivity index (χ1v) is 5.88. The Hall–Kier alpha value is -1.62. The smallest absolute Gasteiger partial charge is 0.143 e. The van der Waals surface area contributed by atoms with Crippen molar-refractivity contribution in [1.29, 1.82) is 0 Å². The largest absolute Gasteiger partial charge is 0.409 e. The van der Waals surface area contributed by atoms with E-state index < -0.39 is 0 Å². The van der Waals surface area contributed by atoms with Gasteiger partial charge in [-0.05, 0) is 31.0 Å². The van der Waals surface area contributed by atoms with Gasteiger partial charge in [0, 0.05) is 31.4 Å². The van der Waals surface area contributed by atoms with Crippen molar-refractivity contribution in [2.24, 2.45) is 16.8 Å². The fraction of sp³-hybridized carbons (Fsp3) is 0.500. The van der Waals surface area contributed by atoms with Crippen LogP contribution in [0.25, 0.3) is 0 Å². The molecule has 0 saturated carbocycles. The summed E-state index contributed by atoms with van der Waals surface area (Å²) in [5, 5.41) is 11.8. The third-order valence-corrected chi connectivity index (χ3v) is 3.17. The summed E-state index contributed by atoms with van der Waals surface area (Å²) in [5.74, 6) is 0.520. The number of hydrogen-bond donors (Lipinski definition) is 2. The maximum absolute atomic E-state index is 8.70. The molecule has 92 valence electrons. The highest BCUT2D eigenvalue weighted by Gasteiger charge is 2.22. The average Bonchev–Trinajstić information content (AvgIpc) is 2.39. The summed E-state index contributed by atoms with van der Waals surface area (Å²) in [6, 6.07) is 4.01. The summed E-state index contributed by atoms with van der Waals surface area (Å²) in [6.07, 6.45) is 5.74. The van der Waals surface area contributed by atoms with Crippen LogP contribution >= 0.6 is 0 Å². The second-order valence-corrected chi connectivity index (χ2v) is 4.46. The van der Waals surface area contributed by atoms with E-state index in [1.54, 1.807) is 6.20 Å². The number of piperidine rings is 1. The molecule has 0 amide bonds. The predicted octanol–water partition coefficient (Wildman–Crippen LogP) is 1.04. The number of aromatic nitrogens is 1. The molecule has 1 aromatic heterocycles. The quantitative estimate of drug-likeness (QED) is 0.355. The van der Waals surface area contributed by atoms with Crippen LogP contribution in [0.5, 0.6) is 0 Å². The molecule has 0 radical (unpaired) electrons. The lowest BCUT2D eigenvalue weighted by atomic mass is 9.97. The third kappa shape index (κ3) is 3.17. The second-order valence-electron chi connectivity index (χ2n) is 4.46. The summed E-state index contributed by atoms with van der Waals surface area (Å²) >= 11 is 0. The summed E-state index contributed by atoms with van der Waals surface area (Å²) in [4.78, 5) is 6.43. The number of hydrogen-bond acceptors (Lipinski definition) is 4. The van der Waals surface area contributed by atoms with Gasteiger partial charge in [0.15, 0.2) is 0 Å². The van der Waals surface area contributed by atoms with Crippen molar-refractivity contribution in [2.75, 3.05) is 13.1 Å². The van der Waals surface area contributed by atoms with E-state index in [4.69, 9.17) is 10.9 Å². The summed E-state index contributed by atoms with van der Waals surface area (Å²) < 4.78 is 0. The minimum Gasteiger partial charge on any atom is -0.409 e. The van der Waals surface area contributed by atoms with E-state index in [9.17, 15) is 0 Å². The Bertz CT molecular complexity index is 379. The Labute approximate surface area is 101 Å². The van der Waals surface area contributed by atoms with Gasteiger partial charge in [-0.1, -0.05) is 11.2 Å². The van der Waals surface area contributed by atoms with Crippen LogP contribution in [0.3, 0.4) is 0 Å². The molecule has 1 aromatic rings. The zero-order valence-corrected chi connectivity index (χ0v) is 9.79. The van der Waals surface area contributed by atoms with Crippen molar-refractivity contribution in [3.8, 4) is 0 Å². The van der Waals surface area contributed by atoms with Crippen LogP contribution in [0, 0.1) is 5.92 Å². The van der Waals surface area contributed by atoms with Crippen molar-refractivity contribution < 1.29 is 5.21 Å². The number of nitrogens with two attached hydrogens (primary N) is 1. The average molecular weight is 234 g/mol. The van der Waals surface area contributed by atoms with Crippen molar-refractivity contribution >= 4 is 5.84 Å². The van der Waals surface area contributed by atoms with Gasteiger partial charge in [-0.3, -0.25) is 9.88 Å². The number of pyridine rings is 1. The molecule has 0 bridgehead atoms. The van der Waals surface area contributed by atoms with Gasteiger partial charge in [0.05, 0.1) is 0 Å². The molecule has 2 heterocycles. The standard InChI is InChI=1S/C12H18N4O/c13-12(15-17)11-4-2-6-16(9-11)8-10-3-1-5-14-7-10/h1,3,5,7,11,17H,2,4,6,8-9H2,(H2,13,15). The molecule has 1 aliphatic heterocycles. The minimum atomic E-state index is 0.172. The van der Waals surface area contributed by atoms with Gasteiger partial charge >= 0.3 is 0 Å². The first kappa shape index (κ1) is 11.9. The van der Waals surface area contributed by atoms with Crippen LogP contribution < -0.4 is 5.73 Å². The molecule has 3 N–H and O–H groups in total. The maximum Gasteiger partial charge on any atom is 0.143 e. The van der Waals surface area contributed by atoms with Crippen LogP contribution in [0.2, 0.25) is 0 Å². The van der Waals surface area contributed by atoms with Gasteiger partial charge in [0.2, 0.25) is 0 Å². The topological polar surface area (TPSA) is 74.7 Å². The highest BCUT2D eigenvalue weighted by Crippen LogP contribution is 2.18. The molecule has 0 aliphatic carbocycles. The Morgan fingerprint density at radius 1 is 1.65 bits per heavy atom. The number of likely N-dealkylation sites (tertiary alicyclic amines) is 1. The van der Waals surface area contributed by atoms with Gasteiger partial charge in [0.25, 0.3) is 0 Å². The number of rotatable bonds is 3. The highest BCUT2D eigenvalue weighted by atomic mass is 16.4. The molecule has 1 saturated heterocycles. The normalized spacial score (nSPS) is 22.6. The number of oxime groups is 1. The van der Waals surface area contributed by atoms with Crippen molar-refractivity contribution in [2.45, 2.75) is 19.4 Å². The lowest BCUT2D eigenvalue weighted by Crippen LogP contribution is -2.40. The first-order valence-electron chi connectivity index (χ1n) is 5.88. The lowest BCUT2D eigenvalue weighted by Gasteiger charge is -2.31. The Morgan fingerprint density at radius 2 is 2.53 bits per heavy atom. The molecule has 1 aliphatic rings. The van der Waals surface area contributed by atoms with Gasteiger partial charge < -0.3 is 10.9 Å². The Morgan fingerprint density at radius 3 is 3.24 bits per heavy atom. The molecule has 5 heteroatoms. The third-order valence-electron chi connectivity index (χ3n) is 3.17. The van der Waals surface area contributed by atoms with E-state index in [1.807, 2.05) is 12.3 Å². The van der Waals surface area contributed by atoms with E-state index in [2.05, 4.69) is 21.1 Å². The zero-order valence-electron chi connectivity index (χ0n) is 9.79. The monoisotopic (exact) mass is 234 g/mol. The van der Waals surface area contributed by atoms with Gasteiger partial charge in [-0.15, -0.1) is 0 Å². The van der Waals surface area contributed by atoms with Crippen LogP contribution in [0.1, 0.15) is 18.4 Å². The van der Waals surface area contributed by atoms with Gasteiger partial charge in [-0.25, -0.2) is 0 Å². The lowest BCUT2D eigenvalue weighted by molar-refractivity contribution is 0.192. The first-order chi connectivity index (χ1) is 8.29. The fourth-order valence-corrected chi connectivity index (χ4v) is 2.27. The van der Waals surface area contributed by atoms with E-state index in [0.717, 1.165) is 32.5 Å². The van der Waals surface area contributed by atoms with E-state index in [1.165, 1.54) is 5.56 Å². The molecular formula is C12H18N4O. The molecule has 0 spiro atoms. The molecule has 17 heavy (non-hydrogen) atoms. The SMILES string of the molecule is NC(=NO)C1CCCN(Cc2cccnc2)C1. The Kier molecular flexibility index (Phi) is 3.93. The summed E-state index contributed by atoms with van der Waals surface area (Å²) in [5.41, 5.74) is 6.87. The molecular weight excluding hydrogens is 216 g/mol. The minimum absolute atomic E-state index is 0.172. The summed E-state index contributed by atoms with van der Waals surface area (Å²) in [7, 11) is 0. The van der Waals surface area contributed by atoms with Crippen molar-refractivity contribution in [1.82, 2.24) is 9.88 Å². The molecule has 1 fully saturated rings. The van der Waals surface area contributed by atoms with E-state index in [-0.39, 0.29) is 5.92 Å². The van der Waals surface area contributed by atoms with Gasteiger partial charge in [0.1, 0.15) is 5.84 Å². The van der Waals surface area contributed by atoms with E-state index in [0.29, 0.717) is 5.84 Å². The van der Waals surface area contributed by atoms with Crippen LogP contribution in [0.15, 0.2) is 29.7 Å². The predicted molar refractivity (Wildman–Crippen MR) is 65.6 cm³/mol. The fourth-order valence-electron chi connectivity index (χ4n) is 2.27. The molecule has 2 rings (SSSR count). The van der Waals surface area contributed by atoms with Crippen molar-refractivity contribution in [3.05, 3.63) is 30.1 Å². The number of amidine groups is 1. The van der Waals surface area contributed by atoms with E-state index >= 15 is 0 Å². The Balaban J connectivity index is 1.94. The van der Waals surface area contributed by atoms with Gasteiger partial charge in [-0.2, -0.15) is 0 Å². The van der Waals surface area contributed by atoms with Crippen molar-refractivity contribution in [3.63, 3.8) is 0 Å². The second kappa shape index (κ2) is 5.63. The summed E-state index contributed by atoms with van der Waals surface area (Å²) in [6.45, 7) is 2.79. The molecule has 1 atom stereocenters. The molecule has 5 nitrogen and oxygen atoms in total. The van der Waals surface area contributed by atoms with Crippen LogP contribution in [-0.2, 0) is 6.54 Å². The number of nitrogens with zero attached hydrogens (tertiary/aromatic N) is 3. The zero-order chi connectivity index (χ0) is 12.1. The highest BCUT2D eigenvalue weighted by molar-refractivity contribution is 5.82. The van der Waals surface area contributed by atoms with Crippen LogP contribution in [-0.4, -0.2) is 34.0 Å².